The van der Waals surface area contributed by atoms with Crippen molar-refractivity contribution in [3.05, 3.63) is 65.7 Å². The summed E-state index contributed by atoms with van der Waals surface area (Å²) in [4.78, 5) is 16.4. The van der Waals surface area contributed by atoms with Gasteiger partial charge in [-0.3, -0.25) is 9.78 Å². The van der Waals surface area contributed by atoms with Crippen molar-refractivity contribution in [1.82, 2.24) is 4.98 Å². The molecule has 18 heavy (non-hydrogen) atoms. The van der Waals surface area contributed by atoms with E-state index in [0.29, 0.717) is 11.3 Å². The summed E-state index contributed by atoms with van der Waals surface area (Å²) in [5, 5.41) is 1.02. The van der Waals surface area contributed by atoms with Crippen molar-refractivity contribution in [3.8, 4) is 0 Å². The normalized spacial score (nSPS) is 10.7. The highest BCUT2D eigenvalue weighted by Crippen LogP contribution is 2.17. The highest BCUT2D eigenvalue weighted by Gasteiger charge is 2.13. The van der Waals surface area contributed by atoms with Gasteiger partial charge in [-0.15, -0.1) is 0 Å². The summed E-state index contributed by atoms with van der Waals surface area (Å²) < 4.78 is 5.34. The first kappa shape index (κ1) is 10.7. The molecule has 3 heteroatoms. The van der Waals surface area contributed by atoms with Crippen molar-refractivity contribution in [1.29, 1.82) is 0 Å². The molecule has 0 saturated heterocycles. The Morgan fingerprint density at radius 2 is 2.06 bits per heavy atom. The quantitative estimate of drug-likeness (QED) is 0.642. The fourth-order valence-electron chi connectivity index (χ4n) is 1.91. The van der Waals surface area contributed by atoms with Crippen LogP contribution in [0, 0.1) is 6.92 Å². The first-order valence-electron chi connectivity index (χ1n) is 5.70. The number of carbonyl (C=O) groups excluding carboxylic acids is 1. The second-order valence-electron chi connectivity index (χ2n) is 4.15. The fourth-order valence-corrected chi connectivity index (χ4v) is 1.91. The van der Waals surface area contributed by atoms with E-state index < -0.39 is 0 Å². The summed E-state index contributed by atoms with van der Waals surface area (Å²) in [6.07, 6.45) is 1.72. The minimum absolute atomic E-state index is 0.115. The topological polar surface area (TPSA) is 43.1 Å². The lowest BCUT2D eigenvalue weighted by Gasteiger charge is -2.00. The third-order valence-corrected chi connectivity index (χ3v) is 2.83. The number of benzene rings is 1. The molecule has 3 rings (SSSR count). The number of hydrogen-bond acceptors (Lipinski definition) is 3. The summed E-state index contributed by atoms with van der Waals surface area (Å²) in [7, 11) is 0. The second kappa shape index (κ2) is 4.11. The Labute approximate surface area is 104 Å². The summed E-state index contributed by atoms with van der Waals surface area (Å²) in [5.41, 5.74) is 1.40. The molecule has 2 aromatic heterocycles. The predicted octanol–water partition coefficient (Wildman–Crippen LogP) is 3.37. The number of aryl methyl sites for hydroxylation is 1. The van der Waals surface area contributed by atoms with Gasteiger partial charge in [-0.25, -0.2) is 0 Å². The molecule has 0 spiro atoms. The van der Waals surface area contributed by atoms with Gasteiger partial charge in [-0.2, -0.15) is 0 Å². The highest BCUT2D eigenvalue weighted by atomic mass is 16.3. The second-order valence-corrected chi connectivity index (χ2v) is 4.15. The first-order chi connectivity index (χ1) is 8.74. The van der Waals surface area contributed by atoms with Crippen molar-refractivity contribution in [2.75, 3.05) is 0 Å². The van der Waals surface area contributed by atoms with Crippen LogP contribution in [0.5, 0.6) is 0 Å². The van der Waals surface area contributed by atoms with Crippen molar-refractivity contribution in [2.45, 2.75) is 6.92 Å². The molecule has 1 aromatic carbocycles. The molecule has 0 amide bonds. The molecule has 3 nitrogen and oxygen atoms in total. The number of pyridine rings is 1. The van der Waals surface area contributed by atoms with Crippen LogP contribution < -0.4 is 0 Å². The summed E-state index contributed by atoms with van der Waals surface area (Å²) >= 11 is 0. The zero-order chi connectivity index (χ0) is 12.5. The number of fused-ring (bicyclic) bond motifs is 1. The maximum atomic E-state index is 12.2. The molecule has 0 bridgehead atoms. The van der Waals surface area contributed by atoms with Gasteiger partial charge in [-0.1, -0.05) is 18.2 Å². The van der Waals surface area contributed by atoms with Gasteiger partial charge >= 0.3 is 0 Å². The van der Waals surface area contributed by atoms with Gasteiger partial charge in [0.05, 0.1) is 5.52 Å². The van der Waals surface area contributed by atoms with Gasteiger partial charge in [0, 0.05) is 17.1 Å². The third-order valence-electron chi connectivity index (χ3n) is 2.83. The molecule has 88 valence electrons. The van der Waals surface area contributed by atoms with Crippen LogP contribution >= 0.6 is 0 Å². The number of nitrogens with zero attached hydrogens (tertiary/aromatic N) is 1. The van der Waals surface area contributed by atoms with Crippen molar-refractivity contribution in [2.24, 2.45) is 0 Å². The van der Waals surface area contributed by atoms with Crippen LogP contribution in [-0.4, -0.2) is 10.8 Å². The van der Waals surface area contributed by atoms with Crippen molar-refractivity contribution < 1.29 is 9.21 Å². The van der Waals surface area contributed by atoms with Crippen LogP contribution in [0.2, 0.25) is 0 Å². The molecular formula is C15H11NO2. The van der Waals surface area contributed by atoms with Crippen LogP contribution in [0.15, 0.2) is 53.1 Å². The van der Waals surface area contributed by atoms with E-state index in [4.69, 9.17) is 4.42 Å². The van der Waals surface area contributed by atoms with Crippen LogP contribution in [-0.2, 0) is 0 Å². The minimum Gasteiger partial charge on any atom is -0.458 e. The first-order valence-corrected chi connectivity index (χ1v) is 5.70. The molecule has 0 radical (unpaired) electrons. The average molecular weight is 237 g/mol. The van der Waals surface area contributed by atoms with Gasteiger partial charge in [0.25, 0.3) is 0 Å². The number of furan rings is 1. The Balaban J connectivity index is 2.06. The SMILES string of the molecule is Cc1ccc(C(=O)c2ccc3cccnc3c2)o1. The molecule has 0 fully saturated rings. The Hall–Kier alpha value is -2.42. The summed E-state index contributed by atoms with van der Waals surface area (Å²) in [6.45, 7) is 1.82. The number of ketones is 1. The standard InChI is InChI=1S/C15H11NO2/c1-10-4-7-14(18-10)15(17)12-6-5-11-3-2-8-16-13(11)9-12/h2-9H,1H3. The molecule has 0 aliphatic carbocycles. The van der Waals surface area contributed by atoms with E-state index in [9.17, 15) is 4.79 Å². The van der Waals surface area contributed by atoms with E-state index in [1.807, 2.05) is 25.1 Å². The van der Waals surface area contributed by atoms with E-state index in [1.54, 1.807) is 30.5 Å². The van der Waals surface area contributed by atoms with E-state index in [1.165, 1.54) is 0 Å². The minimum atomic E-state index is -0.115. The van der Waals surface area contributed by atoms with Gasteiger partial charge in [0.2, 0.25) is 5.78 Å². The third kappa shape index (κ3) is 1.80. The van der Waals surface area contributed by atoms with Crippen molar-refractivity contribution >= 4 is 16.7 Å². The molecule has 0 saturated carbocycles. The predicted molar refractivity (Wildman–Crippen MR) is 68.6 cm³/mol. The molecule has 0 unspecified atom stereocenters. The van der Waals surface area contributed by atoms with Crippen LogP contribution in [0.3, 0.4) is 0 Å². The lowest BCUT2D eigenvalue weighted by atomic mass is 10.1. The van der Waals surface area contributed by atoms with Gasteiger partial charge in [0.1, 0.15) is 5.76 Å². The number of hydrogen-bond donors (Lipinski definition) is 0. The Morgan fingerprint density at radius 1 is 1.17 bits per heavy atom. The molecular weight excluding hydrogens is 226 g/mol. The lowest BCUT2D eigenvalue weighted by Crippen LogP contribution is -1.99. The number of aromatic nitrogens is 1. The number of carbonyl (C=O) groups is 1. The summed E-state index contributed by atoms with van der Waals surface area (Å²) in [5.74, 6) is 0.982. The van der Waals surface area contributed by atoms with E-state index in [0.717, 1.165) is 16.7 Å². The lowest BCUT2D eigenvalue weighted by molar-refractivity contribution is 0.101. The highest BCUT2D eigenvalue weighted by molar-refractivity contribution is 6.08. The van der Waals surface area contributed by atoms with Crippen LogP contribution in [0.25, 0.3) is 10.9 Å². The molecule has 3 aromatic rings. The Morgan fingerprint density at radius 3 is 2.83 bits per heavy atom. The fraction of sp³-hybridized carbons (Fsp3) is 0.0667. The molecule has 0 N–H and O–H groups in total. The number of rotatable bonds is 2. The molecule has 0 aliphatic heterocycles. The average Bonchev–Trinajstić information content (AvgIpc) is 2.84. The largest absolute Gasteiger partial charge is 0.458 e. The molecule has 0 aliphatic rings. The van der Waals surface area contributed by atoms with Crippen LogP contribution in [0.1, 0.15) is 21.9 Å². The van der Waals surface area contributed by atoms with Gasteiger partial charge < -0.3 is 4.42 Å². The van der Waals surface area contributed by atoms with E-state index >= 15 is 0 Å². The van der Waals surface area contributed by atoms with E-state index in [2.05, 4.69) is 4.98 Å². The maximum Gasteiger partial charge on any atom is 0.228 e. The smallest absolute Gasteiger partial charge is 0.228 e. The van der Waals surface area contributed by atoms with Crippen LogP contribution in [0.4, 0.5) is 0 Å². The maximum absolute atomic E-state index is 12.2. The zero-order valence-corrected chi connectivity index (χ0v) is 9.88. The van der Waals surface area contributed by atoms with Crippen molar-refractivity contribution in [3.63, 3.8) is 0 Å². The van der Waals surface area contributed by atoms with E-state index in [-0.39, 0.29) is 5.78 Å². The molecule has 2 heterocycles. The van der Waals surface area contributed by atoms with Gasteiger partial charge in [0.15, 0.2) is 5.76 Å². The molecule has 0 atom stereocenters. The Bertz CT molecular complexity index is 728. The summed E-state index contributed by atoms with van der Waals surface area (Å²) in [6, 6.07) is 12.8. The Kier molecular flexibility index (Phi) is 2.45. The monoisotopic (exact) mass is 237 g/mol. The zero-order valence-electron chi connectivity index (χ0n) is 9.88. The van der Waals surface area contributed by atoms with Gasteiger partial charge in [-0.05, 0) is 31.2 Å².